The van der Waals surface area contributed by atoms with Crippen LogP contribution in [0.5, 0.6) is 0 Å². The number of halogens is 1. The highest BCUT2D eigenvalue weighted by molar-refractivity contribution is 6.28. The Kier molecular flexibility index (Phi) is 4.48. The van der Waals surface area contributed by atoms with Gasteiger partial charge in [0.2, 0.25) is 17.2 Å². The zero-order chi connectivity index (χ0) is 13.7. The number of aryl methyl sites for hydroxylation is 1. The van der Waals surface area contributed by atoms with Crippen LogP contribution in [0.25, 0.3) is 0 Å². The maximum atomic E-state index is 8.75. The molecule has 3 N–H and O–H groups in total. The molecule has 7 heteroatoms. The van der Waals surface area contributed by atoms with Gasteiger partial charge in [-0.1, -0.05) is 12.1 Å². The largest absolute Gasteiger partial charge is 0.395 e. The third-order valence-corrected chi connectivity index (χ3v) is 2.45. The molecule has 0 bridgehead atoms. The normalized spacial score (nSPS) is 10.3. The lowest BCUT2D eigenvalue weighted by molar-refractivity contribution is 0.311. The summed E-state index contributed by atoms with van der Waals surface area (Å²) in [6.07, 6.45) is 0. The van der Waals surface area contributed by atoms with Crippen LogP contribution in [0.1, 0.15) is 5.56 Å². The van der Waals surface area contributed by atoms with E-state index in [1.165, 1.54) is 0 Å². The third kappa shape index (κ3) is 4.04. The summed E-state index contributed by atoms with van der Waals surface area (Å²) in [5, 5.41) is 14.7. The third-order valence-electron chi connectivity index (χ3n) is 2.28. The van der Waals surface area contributed by atoms with Crippen LogP contribution in [0.15, 0.2) is 24.3 Å². The number of hydrogen-bond acceptors (Lipinski definition) is 6. The molecule has 0 saturated carbocycles. The number of benzene rings is 1. The lowest BCUT2D eigenvalue weighted by Crippen LogP contribution is -2.10. The van der Waals surface area contributed by atoms with Gasteiger partial charge in [0, 0.05) is 12.2 Å². The van der Waals surface area contributed by atoms with E-state index in [1.54, 1.807) is 0 Å². The molecule has 0 amide bonds. The molecular formula is C12H14ClN5O. The topological polar surface area (TPSA) is 83.0 Å². The molecule has 2 rings (SSSR count). The van der Waals surface area contributed by atoms with Gasteiger partial charge in [0.25, 0.3) is 0 Å². The maximum Gasteiger partial charge on any atom is 0.233 e. The smallest absolute Gasteiger partial charge is 0.233 e. The molecule has 2 aromatic rings. The second-order valence-corrected chi connectivity index (χ2v) is 4.23. The number of aliphatic hydroxyl groups excluding tert-OH is 1. The predicted molar refractivity (Wildman–Crippen MR) is 74.9 cm³/mol. The molecule has 0 fully saturated rings. The quantitative estimate of drug-likeness (QED) is 0.776. The van der Waals surface area contributed by atoms with Crippen molar-refractivity contribution >= 4 is 29.2 Å². The first kappa shape index (κ1) is 13.5. The standard InChI is InChI=1S/C12H14ClN5O/c1-8-3-2-4-9(7-8)15-12-17-10(13)16-11(18-12)14-5-6-19/h2-4,7,19H,5-6H2,1H3,(H2,14,15,16,17,18). The minimum atomic E-state index is -0.00998. The van der Waals surface area contributed by atoms with Crippen molar-refractivity contribution in [3.63, 3.8) is 0 Å². The van der Waals surface area contributed by atoms with Crippen molar-refractivity contribution < 1.29 is 5.11 Å². The molecule has 6 nitrogen and oxygen atoms in total. The minimum absolute atomic E-state index is 0.00998. The molecule has 1 aromatic heterocycles. The van der Waals surface area contributed by atoms with Gasteiger partial charge in [-0.05, 0) is 36.2 Å². The molecule has 1 heterocycles. The molecule has 0 spiro atoms. The first-order valence-corrected chi connectivity index (χ1v) is 6.15. The Labute approximate surface area is 115 Å². The molecule has 1 aromatic carbocycles. The number of nitrogens with one attached hydrogen (secondary N) is 2. The van der Waals surface area contributed by atoms with Gasteiger partial charge in [-0.15, -0.1) is 0 Å². The average molecular weight is 280 g/mol. The lowest BCUT2D eigenvalue weighted by atomic mass is 10.2. The van der Waals surface area contributed by atoms with E-state index >= 15 is 0 Å². The van der Waals surface area contributed by atoms with Gasteiger partial charge in [-0.25, -0.2) is 0 Å². The molecule has 0 atom stereocenters. The number of nitrogens with zero attached hydrogens (tertiary/aromatic N) is 3. The van der Waals surface area contributed by atoms with E-state index in [-0.39, 0.29) is 11.9 Å². The fourth-order valence-corrected chi connectivity index (χ4v) is 1.66. The molecule has 0 saturated heterocycles. The van der Waals surface area contributed by atoms with Crippen LogP contribution in [0.2, 0.25) is 5.28 Å². The van der Waals surface area contributed by atoms with Crippen LogP contribution >= 0.6 is 11.6 Å². The van der Waals surface area contributed by atoms with Crippen LogP contribution in [0.4, 0.5) is 17.6 Å². The van der Waals surface area contributed by atoms with E-state index in [0.29, 0.717) is 18.4 Å². The van der Waals surface area contributed by atoms with E-state index in [1.807, 2.05) is 31.2 Å². The van der Waals surface area contributed by atoms with Crippen LogP contribution < -0.4 is 10.6 Å². The van der Waals surface area contributed by atoms with E-state index in [9.17, 15) is 0 Å². The van der Waals surface area contributed by atoms with Crippen molar-refractivity contribution in [2.75, 3.05) is 23.8 Å². The summed E-state index contributed by atoms with van der Waals surface area (Å²) in [6, 6.07) is 7.81. The SMILES string of the molecule is Cc1cccc(Nc2nc(Cl)nc(NCCO)n2)c1. The highest BCUT2D eigenvalue weighted by Crippen LogP contribution is 2.16. The fourth-order valence-electron chi connectivity index (χ4n) is 1.50. The first-order chi connectivity index (χ1) is 9.17. The van der Waals surface area contributed by atoms with Crippen molar-refractivity contribution in [3.05, 3.63) is 35.1 Å². The van der Waals surface area contributed by atoms with Crippen LogP contribution in [0.3, 0.4) is 0 Å². The number of hydrogen-bond donors (Lipinski definition) is 3. The van der Waals surface area contributed by atoms with E-state index < -0.39 is 0 Å². The number of aromatic nitrogens is 3. The Morgan fingerprint density at radius 2 is 2.00 bits per heavy atom. The Morgan fingerprint density at radius 1 is 1.21 bits per heavy atom. The second kappa shape index (κ2) is 6.31. The first-order valence-electron chi connectivity index (χ1n) is 5.77. The van der Waals surface area contributed by atoms with Crippen LogP contribution in [-0.2, 0) is 0 Å². The molecule has 0 unspecified atom stereocenters. The Balaban J connectivity index is 2.17. The monoisotopic (exact) mass is 279 g/mol. The van der Waals surface area contributed by atoms with Crippen molar-refractivity contribution in [3.8, 4) is 0 Å². The van der Waals surface area contributed by atoms with Gasteiger partial charge in [0.1, 0.15) is 0 Å². The molecule has 0 aliphatic heterocycles. The summed E-state index contributed by atoms with van der Waals surface area (Å²) in [5.74, 6) is 0.676. The van der Waals surface area contributed by atoms with Gasteiger partial charge in [0.15, 0.2) is 0 Å². The van der Waals surface area contributed by atoms with Crippen LogP contribution in [-0.4, -0.2) is 33.2 Å². The van der Waals surface area contributed by atoms with Gasteiger partial charge >= 0.3 is 0 Å². The van der Waals surface area contributed by atoms with Crippen molar-refractivity contribution in [2.45, 2.75) is 6.92 Å². The zero-order valence-corrected chi connectivity index (χ0v) is 11.1. The van der Waals surface area contributed by atoms with Gasteiger partial charge < -0.3 is 15.7 Å². The van der Waals surface area contributed by atoms with E-state index in [0.717, 1.165) is 11.3 Å². The lowest BCUT2D eigenvalue weighted by Gasteiger charge is -2.08. The summed E-state index contributed by atoms with van der Waals surface area (Å²) < 4.78 is 0. The number of anilines is 3. The maximum absolute atomic E-state index is 8.75. The summed E-state index contributed by atoms with van der Waals surface area (Å²) >= 11 is 5.82. The van der Waals surface area contributed by atoms with E-state index in [2.05, 4.69) is 25.6 Å². The highest BCUT2D eigenvalue weighted by atomic mass is 35.5. The molecule has 0 radical (unpaired) electrons. The molecular weight excluding hydrogens is 266 g/mol. The van der Waals surface area contributed by atoms with E-state index in [4.69, 9.17) is 16.7 Å². The van der Waals surface area contributed by atoms with Gasteiger partial charge in [0.05, 0.1) is 6.61 Å². The van der Waals surface area contributed by atoms with Crippen molar-refractivity contribution in [2.24, 2.45) is 0 Å². The average Bonchev–Trinajstić information content (AvgIpc) is 2.35. The van der Waals surface area contributed by atoms with Gasteiger partial charge in [-0.3, -0.25) is 0 Å². The highest BCUT2D eigenvalue weighted by Gasteiger charge is 2.05. The Hall–Kier alpha value is -1.92. The van der Waals surface area contributed by atoms with Crippen molar-refractivity contribution in [1.82, 2.24) is 15.0 Å². The second-order valence-electron chi connectivity index (χ2n) is 3.90. The molecule has 100 valence electrons. The number of aliphatic hydroxyl groups is 1. The Morgan fingerprint density at radius 3 is 2.74 bits per heavy atom. The molecule has 0 aliphatic rings. The Bertz CT molecular complexity index is 564. The minimum Gasteiger partial charge on any atom is -0.395 e. The summed E-state index contributed by atoms with van der Waals surface area (Å²) in [7, 11) is 0. The molecule has 19 heavy (non-hydrogen) atoms. The van der Waals surface area contributed by atoms with Crippen LogP contribution in [0, 0.1) is 6.92 Å². The summed E-state index contributed by atoms with van der Waals surface area (Å²) in [4.78, 5) is 12.1. The fraction of sp³-hybridized carbons (Fsp3) is 0.250. The predicted octanol–water partition coefficient (Wildman–Crippen LogP) is 1.98. The number of rotatable bonds is 5. The van der Waals surface area contributed by atoms with Gasteiger partial charge in [-0.2, -0.15) is 15.0 Å². The zero-order valence-electron chi connectivity index (χ0n) is 10.4. The van der Waals surface area contributed by atoms with Crippen molar-refractivity contribution in [1.29, 1.82) is 0 Å². The summed E-state index contributed by atoms with van der Waals surface area (Å²) in [5.41, 5.74) is 2.00. The molecule has 0 aliphatic carbocycles. The summed E-state index contributed by atoms with van der Waals surface area (Å²) in [6.45, 7) is 2.34.